The molecule has 84 valence electrons. The van der Waals surface area contributed by atoms with E-state index in [0.717, 1.165) is 16.3 Å². The molecule has 2 aromatic carbocycles. The van der Waals surface area contributed by atoms with Crippen molar-refractivity contribution < 1.29 is 15.0 Å². The number of hydrogen-bond donors (Lipinski definition) is 2. The molecule has 0 bridgehead atoms. The molecule has 3 rings (SSSR count). The number of ketones is 1. The summed E-state index contributed by atoms with van der Waals surface area (Å²) in [6, 6.07) is 11.4. The molecule has 3 heteroatoms. The van der Waals surface area contributed by atoms with E-state index in [1.165, 1.54) is 0 Å². The lowest BCUT2D eigenvalue weighted by atomic mass is 9.91. The molecule has 2 aromatic rings. The maximum absolute atomic E-state index is 11.4. The summed E-state index contributed by atoms with van der Waals surface area (Å²) in [6.07, 6.45) is 0.135. The van der Waals surface area contributed by atoms with Gasteiger partial charge in [-0.05, 0) is 28.5 Å². The summed E-state index contributed by atoms with van der Waals surface area (Å²) in [6.45, 7) is 0. The number of fused-ring (bicyclic) bond motifs is 2. The Morgan fingerprint density at radius 3 is 2.29 bits per heavy atom. The second kappa shape index (κ2) is 3.35. The Morgan fingerprint density at radius 2 is 1.59 bits per heavy atom. The van der Waals surface area contributed by atoms with Crippen LogP contribution in [-0.4, -0.2) is 16.0 Å². The number of carbonyl (C=O) groups excluding carboxylic acids is 1. The van der Waals surface area contributed by atoms with Crippen LogP contribution < -0.4 is 0 Å². The van der Waals surface area contributed by atoms with Crippen LogP contribution in [0.5, 0.6) is 0 Å². The Hall–Kier alpha value is -2.29. The molecule has 17 heavy (non-hydrogen) atoms. The van der Waals surface area contributed by atoms with E-state index in [0.29, 0.717) is 5.56 Å². The van der Waals surface area contributed by atoms with Crippen molar-refractivity contribution in [2.75, 3.05) is 0 Å². The highest BCUT2D eigenvalue weighted by atomic mass is 16.3. The third-order valence-corrected chi connectivity index (χ3v) is 3.07. The van der Waals surface area contributed by atoms with E-state index < -0.39 is 11.5 Å². The molecule has 0 saturated carbocycles. The minimum atomic E-state index is -0.534. The van der Waals surface area contributed by atoms with Gasteiger partial charge < -0.3 is 10.2 Å². The topological polar surface area (TPSA) is 57.5 Å². The largest absolute Gasteiger partial charge is 0.504 e. The number of hydrogen-bond acceptors (Lipinski definition) is 3. The van der Waals surface area contributed by atoms with Crippen LogP contribution in [0.1, 0.15) is 11.1 Å². The third-order valence-electron chi connectivity index (χ3n) is 3.07. The quantitative estimate of drug-likeness (QED) is 0.726. The predicted molar refractivity (Wildman–Crippen MR) is 64.8 cm³/mol. The molecule has 0 radical (unpaired) electrons. The number of Topliss-reactive ketones (excluding diaryl/α,β-unsaturated/α-hetero) is 1. The van der Waals surface area contributed by atoms with Gasteiger partial charge in [0.25, 0.3) is 0 Å². The SMILES string of the molecule is O=C1Cc2cc3ccccc3cc2C(O)=C1O. The van der Waals surface area contributed by atoms with Gasteiger partial charge in [-0.15, -0.1) is 0 Å². The van der Waals surface area contributed by atoms with Gasteiger partial charge in [-0.25, -0.2) is 0 Å². The van der Waals surface area contributed by atoms with Gasteiger partial charge in [-0.1, -0.05) is 24.3 Å². The average molecular weight is 226 g/mol. The normalized spacial score (nSPS) is 15.2. The Balaban J connectivity index is 2.35. The smallest absolute Gasteiger partial charge is 0.205 e. The summed E-state index contributed by atoms with van der Waals surface area (Å²) in [5, 5.41) is 21.2. The molecule has 0 unspecified atom stereocenters. The Labute approximate surface area is 97.6 Å². The van der Waals surface area contributed by atoms with E-state index in [1.54, 1.807) is 6.07 Å². The monoisotopic (exact) mass is 226 g/mol. The van der Waals surface area contributed by atoms with E-state index in [-0.39, 0.29) is 12.2 Å². The molecule has 0 fully saturated rings. The van der Waals surface area contributed by atoms with Crippen LogP contribution in [0.15, 0.2) is 42.2 Å². The highest BCUT2D eigenvalue weighted by molar-refractivity contribution is 6.05. The molecular formula is C14H10O3. The van der Waals surface area contributed by atoms with Crippen molar-refractivity contribution in [1.82, 2.24) is 0 Å². The molecule has 1 aliphatic rings. The lowest BCUT2D eigenvalue weighted by Gasteiger charge is -2.16. The van der Waals surface area contributed by atoms with Gasteiger partial charge in [-0.2, -0.15) is 0 Å². The van der Waals surface area contributed by atoms with Gasteiger partial charge in [0.15, 0.2) is 5.76 Å². The molecule has 2 N–H and O–H groups in total. The van der Waals surface area contributed by atoms with E-state index in [2.05, 4.69) is 0 Å². The predicted octanol–water partition coefficient (Wildman–Crippen LogP) is 2.75. The summed E-state index contributed by atoms with van der Waals surface area (Å²) in [5.41, 5.74) is 1.30. The zero-order chi connectivity index (χ0) is 12.0. The molecule has 0 aliphatic heterocycles. The number of benzene rings is 2. The molecule has 3 nitrogen and oxygen atoms in total. The summed E-state index contributed by atoms with van der Waals surface area (Å²) in [5.74, 6) is -1.29. The van der Waals surface area contributed by atoms with Gasteiger partial charge in [0, 0.05) is 12.0 Å². The number of aliphatic hydroxyl groups is 2. The molecule has 0 aromatic heterocycles. The molecule has 0 atom stereocenters. The first-order valence-electron chi connectivity index (χ1n) is 5.34. The zero-order valence-electron chi connectivity index (χ0n) is 8.97. The second-order valence-corrected chi connectivity index (χ2v) is 4.15. The fraction of sp³-hybridized carbons (Fsp3) is 0.0714. The van der Waals surface area contributed by atoms with Crippen molar-refractivity contribution in [3.05, 3.63) is 53.3 Å². The number of allylic oxidation sites excluding steroid dienone is 1. The lowest BCUT2D eigenvalue weighted by Crippen LogP contribution is -2.15. The summed E-state index contributed by atoms with van der Waals surface area (Å²) < 4.78 is 0. The summed E-state index contributed by atoms with van der Waals surface area (Å²) in [4.78, 5) is 11.4. The van der Waals surface area contributed by atoms with Crippen molar-refractivity contribution in [3.8, 4) is 0 Å². The highest BCUT2D eigenvalue weighted by Crippen LogP contribution is 2.30. The average Bonchev–Trinajstić information content (AvgIpc) is 2.34. The van der Waals surface area contributed by atoms with Gasteiger partial charge in [0.1, 0.15) is 0 Å². The van der Waals surface area contributed by atoms with Crippen LogP contribution in [0.3, 0.4) is 0 Å². The Morgan fingerprint density at radius 1 is 0.941 bits per heavy atom. The first-order valence-corrected chi connectivity index (χ1v) is 5.34. The molecular weight excluding hydrogens is 216 g/mol. The van der Waals surface area contributed by atoms with Crippen molar-refractivity contribution in [1.29, 1.82) is 0 Å². The minimum Gasteiger partial charge on any atom is -0.504 e. The van der Waals surface area contributed by atoms with Crippen molar-refractivity contribution >= 4 is 22.3 Å². The van der Waals surface area contributed by atoms with Crippen LogP contribution in [0.2, 0.25) is 0 Å². The van der Waals surface area contributed by atoms with Crippen molar-refractivity contribution in [3.63, 3.8) is 0 Å². The summed E-state index contributed by atoms with van der Waals surface area (Å²) in [7, 11) is 0. The first-order chi connectivity index (χ1) is 8.16. The van der Waals surface area contributed by atoms with E-state index in [4.69, 9.17) is 0 Å². The van der Waals surface area contributed by atoms with Crippen LogP contribution in [0, 0.1) is 0 Å². The molecule has 0 spiro atoms. The number of rotatable bonds is 0. The fourth-order valence-electron chi connectivity index (χ4n) is 2.17. The lowest BCUT2D eigenvalue weighted by molar-refractivity contribution is -0.117. The van der Waals surface area contributed by atoms with Crippen molar-refractivity contribution in [2.45, 2.75) is 6.42 Å². The minimum absolute atomic E-state index is 0.135. The summed E-state index contributed by atoms with van der Waals surface area (Å²) >= 11 is 0. The van der Waals surface area contributed by atoms with Crippen LogP contribution in [0.4, 0.5) is 0 Å². The van der Waals surface area contributed by atoms with Gasteiger partial charge >= 0.3 is 0 Å². The van der Waals surface area contributed by atoms with Gasteiger partial charge in [0.05, 0.1) is 0 Å². The Bertz CT molecular complexity index is 668. The van der Waals surface area contributed by atoms with Crippen LogP contribution in [-0.2, 0) is 11.2 Å². The Kier molecular flexibility index (Phi) is 1.95. The van der Waals surface area contributed by atoms with E-state index in [1.807, 2.05) is 30.3 Å². The van der Waals surface area contributed by atoms with Gasteiger partial charge in [-0.3, -0.25) is 4.79 Å². The van der Waals surface area contributed by atoms with E-state index in [9.17, 15) is 15.0 Å². The molecule has 0 amide bonds. The first kappa shape index (κ1) is 9.90. The van der Waals surface area contributed by atoms with Gasteiger partial charge in [0.2, 0.25) is 11.5 Å². The second-order valence-electron chi connectivity index (χ2n) is 4.15. The fourth-order valence-corrected chi connectivity index (χ4v) is 2.17. The van der Waals surface area contributed by atoms with Crippen molar-refractivity contribution in [2.24, 2.45) is 0 Å². The number of carbonyl (C=O) groups is 1. The maximum atomic E-state index is 11.4. The van der Waals surface area contributed by atoms with E-state index >= 15 is 0 Å². The third kappa shape index (κ3) is 1.40. The van der Waals surface area contributed by atoms with Crippen LogP contribution >= 0.6 is 0 Å². The number of aliphatic hydroxyl groups excluding tert-OH is 2. The molecule has 1 aliphatic carbocycles. The van der Waals surface area contributed by atoms with Crippen LogP contribution in [0.25, 0.3) is 16.5 Å². The standard InChI is InChI=1S/C14H10O3/c15-12-7-10-5-8-3-1-2-4-9(8)6-11(10)13(16)14(12)17/h1-6,16-17H,7H2. The maximum Gasteiger partial charge on any atom is 0.205 e. The highest BCUT2D eigenvalue weighted by Gasteiger charge is 2.25. The molecule has 0 saturated heterocycles. The molecule has 0 heterocycles. The zero-order valence-corrected chi connectivity index (χ0v) is 8.97.